The number of thiophene rings is 1. The molecule has 0 bridgehead atoms. The average Bonchev–Trinajstić information content (AvgIpc) is 2.67. The van der Waals surface area contributed by atoms with Gasteiger partial charge in [0.25, 0.3) is 0 Å². The summed E-state index contributed by atoms with van der Waals surface area (Å²) in [7, 11) is 1.02. The highest BCUT2D eigenvalue weighted by atomic mass is 32.2. The Bertz CT molecular complexity index is 271. The number of rotatable bonds is 4. The largest absolute Gasteiger partial charge is 0.316 e. The van der Waals surface area contributed by atoms with Crippen LogP contribution in [-0.2, 0) is 10.8 Å². The molecule has 0 saturated carbocycles. The van der Waals surface area contributed by atoms with Crippen LogP contribution in [0.25, 0.3) is 0 Å². The smallest absolute Gasteiger partial charge is 0.0913 e. The molecule has 1 aromatic heterocycles. The van der Waals surface area contributed by atoms with E-state index >= 15 is 0 Å². The fraction of sp³-hybridized carbons (Fsp3) is 0.556. The van der Waals surface area contributed by atoms with Gasteiger partial charge in [0, 0.05) is 6.04 Å². The molecule has 13 heavy (non-hydrogen) atoms. The first-order valence-corrected chi connectivity index (χ1v) is 6.37. The predicted molar refractivity (Wildman–Crippen MR) is 58.7 cm³/mol. The summed E-state index contributed by atoms with van der Waals surface area (Å²) in [6.07, 6.45) is 0. The highest BCUT2D eigenvalue weighted by Gasteiger charge is 2.19. The van der Waals surface area contributed by atoms with Crippen LogP contribution in [0.1, 0.15) is 13.8 Å². The lowest BCUT2D eigenvalue weighted by Crippen LogP contribution is -2.35. The standard InChI is InChI=1S/C9H15NOS2/c1-7(10-3)8(2)13(11)9-5-4-6-12-9/h4-8,10H,1-3H3. The van der Waals surface area contributed by atoms with E-state index in [4.69, 9.17) is 0 Å². The van der Waals surface area contributed by atoms with Crippen molar-refractivity contribution >= 4 is 22.1 Å². The van der Waals surface area contributed by atoms with Crippen molar-refractivity contribution in [2.45, 2.75) is 29.3 Å². The highest BCUT2D eigenvalue weighted by Crippen LogP contribution is 2.18. The summed E-state index contributed by atoms with van der Waals surface area (Å²) in [6, 6.07) is 4.15. The zero-order valence-electron chi connectivity index (χ0n) is 8.11. The van der Waals surface area contributed by atoms with Gasteiger partial charge in [-0.3, -0.25) is 4.21 Å². The molecule has 0 fully saturated rings. The molecule has 2 nitrogen and oxygen atoms in total. The Balaban J connectivity index is 2.68. The molecular weight excluding hydrogens is 202 g/mol. The second-order valence-corrected chi connectivity index (χ2v) is 6.00. The molecule has 1 aromatic rings. The van der Waals surface area contributed by atoms with Crippen molar-refractivity contribution in [3.05, 3.63) is 17.5 Å². The molecule has 0 saturated heterocycles. The van der Waals surface area contributed by atoms with Gasteiger partial charge in [0.1, 0.15) is 0 Å². The van der Waals surface area contributed by atoms with Crippen molar-refractivity contribution in [2.24, 2.45) is 0 Å². The Labute approximate surface area is 85.8 Å². The van der Waals surface area contributed by atoms with E-state index in [9.17, 15) is 4.21 Å². The van der Waals surface area contributed by atoms with E-state index in [1.54, 1.807) is 11.3 Å². The molecule has 0 aliphatic heterocycles. The Morgan fingerprint density at radius 2 is 2.23 bits per heavy atom. The van der Waals surface area contributed by atoms with Gasteiger partial charge in [-0.15, -0.1) is 11.3 Å². The maximum absolute atomic E-state index is 11.9. The quantitative estimate of drug-likeness (QED) is 0.834. The van der Waals surface area contributed by atoms with Gasteiger partial charge in [-0.2, -0.15) is 0 Å². The van der Waals surface area contributed by atoms with Crippen LogP contribution in [0.4, 0.5) is 0 Å². The lowest BCUT2D eigenvalue weighted by Gasteiger charge is -2.17. The van der Waals surface area contributed by atoms with Gasteiger partial charge in [0.05, 0.1) is 20.3 Å². The third-order valence-electron chi connectivity index (χ3n) is 2.19. The summed E-state index contributed by atoms with van der Waals surface area (Å²) in [6.45, 7) is 4.06. The summed E-state index contributed by atoms with van der Waals surface area (Å²) < 4.78 is 12.9. The molecule has 3 atom stereocenters. The van der Waals surface area contributed by atoms with Crippen molar-refractivity contribution in [2.75, 3.05) is 7.05 Å². The van der Waals surface area contributed by atoms with Crippen LogP contribution in [0.5, 0.6) is 0 Å². The zero-order valence-corrected chi connectivity index (χ0v) is 9.74. The fourth-order valence-electron chi connectivity index (χ4n) is 0.981. The summed E-state index contributed by atoms with van der Waals surface area (Å²) in [4.78, 5) is 0. The number of hydrogen-bond acceptors (Lipinski definition) is 3. The van der Waals surface area contributed by atoms with Crippen molar-refractivity contribution in [3.8, 4) is 0 Å². The van der Waals surface area contributed by atoms with Gasteiger partial charge in [-0.05, 0) is 32.3 Å². The van der Waals surface area contributed by atoms with Gasteiger partial charge in [0.15, 0.2) is 0 Å². The minimum Gasteiger partial charge on any atom is -0.316 e. The number of hydrogen-bond donors (Lipinski definition) is 1. The monoisotopic (exact) mass is 217 g/mol. The Hall–Kier alpha value is -0.190. The van der Waals surface area contributed by atoms with Crippen LogP contribution in [0.2, 0.25) is 0 Å². The second-order valence-electron chi connectivity index (χ2n) is 3.01. The summed E-state index contributed by atoms with van der Waals surface area (Å²) in [5, 5.41) is 5.24. The van der Waals surface area contributed by atoms with E-state index in [0.717, 1.165) is 4.21 Å². The average molecular weight is 217 g/mol. The molecule has 0 aliphatic rings. The summed E-state index contributed by atoms with van der Waals surface area (Å²) in [5.74, 6) is 0. The molecule has 0 amide bonds. The van der Waals surface area contributed by atoms with E-state index in [2.05, 4.69) is 12.2 Å². The van der Waals surface area contributed by atoms with Crippen molar-refractivity contribution < 1.29 is 4.21 Å². The molecule has 0 aliphatic carbocycles. The maximum Gasteiger partial charge on any atom is 0.0913 e. The second kappa shape index (κ2) is 4.88. The van der Waals surface area contributed by atoms with Crippen LogP contribution >= 0.6 is 11.3 Å². The van der Waals surface area contributed by atoms with E-state index < -0.39 is 10.8 Å². The molecule has 0 radical (unpaired) electrons. The van der Waals surface area contributed by atoms with E-state index in [-0.39, 0.29) is 11.3 Å². The third kappa shape index (κ3) is 2.62. The minimum atomic E-state index is -0.871. The summed E-state index contributed by atoms with van der Waals surface area (Å²) >= 11 is 1.56. The van der Waals surface area contributed by atoms with Crippen molar-refractivity contribution in [3.63, 3.8) is 0 Å². The zero-order chi connectivity index (χ0) is 9.84. The topological polar surface area (TPSA) is 29.1 Å². The first-order chi connectivity index (χ1) is 6.16. The normalized spacial score (nSPS) is 18.1. The van der Waals surface area contributed by atoms with Gasteiger partial charge in [0.2, 0.25) is 0 Å². The van der Waals surface area contributed by atoms with E-state index in [1.807, 2.05) is 31.5 Å². The van der Waals surface area contributed by atoms with Gasteiger partial charge in [-0.1, -0.05) is 6.07 Å². The van der Waals surface area contributed by atoms with Crippen LogP contribution < -0.4 is 5.32 Å². The van der Waals surface area contributed by atoms with E-state index in [0.29, 0.717) is 0 Å². The minimum absolute atomic E-state index is 0.156. The Morgan fingerprint density at radius 1 is 1.54 bits per heavy atom. The Morgan fingerprint density at radius 3 is 2.69 bits per heavy atom. The van der Waals surface area contributed by atoms with E-state index in [1.165, 1.54) is 0 Å². The number of nitrogens with one attached hydrogen (secondary N) is 1. The van der Waals surface area contributed by atoms with Gasteiger partial charge < -0.3 is 5.32 Å². The maximum atomic E-state index is 11.9. The molecule has 1 rings (SSSR count). The SMILES string of the molecule is CNC(C)C(C)S(=O)c1cccs1. The predicted octanol–water partition coefficient (Wildman–Crippen LogP) is 1.85. The highest BCUT2D eigenvalue weighted by molar-refractivity contribution is 7.87. The third-order valence-corrected chi connectivity index (χ3v) is 5.25. The molecular formula is C9H15NOS2. The van der Waals surface area contributed by atoms with Gasteiger partial charge >= 0.3 is 0 Å². The summed E-state index contributed by atoms with van der Waals surface area (Å²) in [5.41, 5.74) is 0. The molecule has 1 heterocycles. The van der Waals surface area contributed by atoms with Crippen LogP contribution in [-0.4, -0.2) is 22.5 Å². The van der Waals surface area contributed by atoms with Crippen LogP contribution in [0.3, 0.4) is 0 Å². The Kier molecular flexibility index (Phi) is 4.09. The van der Waals surface area contributed by atoms with Crippen LogP contribution in [0, 0.1) is 0 Å². The molecule has 3 unspecified atom stereocenters. The molecule has 74 valence electrons. The fourth-order valence-corrected chi connectivity index (χ4v) is 3.52. The molecule has 4 heteroatoms. The van der Waals surface area contributed by atoms with Crippen molar-refractivity contribution in [1.82, 2.24) is 5.32 Å². The first kappa shape index (κ1) is 10.9. The lowest BCUT2D eigenvalue weighted by atomic mass is 10.3. The van der Waals surface area contributed by atoms with Crippen LogP contribution in [0.15, 0.2) is 21.7 Å². The van der Waals surface area contributed by atoms with Gasteiger partial charge in [-0.25, -0.2) is 0 Å². The first-order valence-electron chi connectivity index (χ1n) is 4.28. The lowest BCUT2D eigenvalue weighted by molar-refractivity contribution is 0.585. The van der Waals surface area contributed by atoms with Crippen molar-refractivity contribution in [1.29, 1.82) is 0 Å². The molecule has 0 aromatic carbocycles. The molecule has 1 N–H and O–H groups in total. The molecule has 0 spiro atoms.